The molecule has 0 fully saturated rings. The minimum absolute atomic E-state index is 0.0397. The Morgan fingerprint density at radius 3 is 2.38 bits per heavy atom. The summed E-state index contributed by atoms with van der Waals surface area (Å²) in [6.45, 7) is -2.54. The minimum atomic E-state index is -2.93. The molecule has 0 spiro atoms. The van der Waals surface area contributed by atoms with Gasteiger partial charge in [-0.25, -0.2) is 4.39 Å². The molecule has 26 heavy (non-hydrogen) atoms. The largest absolute Gasteiger partial charge is 0.497 e. The van der Waals surface area contributed by atoms with Crippen molar-refractivity contribution >= 4 is 5.96 Å². The van der Waals surface area contributed by atoms with Gasteiger partial charge in [-0.1, -0.05) is 18.2 Å². The molecular weight excluding hydrogens is 347 g/mol. The minimum Gasteiger partial charge on any atom is -0.497 e. The molecule has 0 aromatic heterocycles. The molecular formula is C18H20F3N3O2. The average Bonchev–Trinajstić information content (AvgIpc) is 2.63. The average molecular weight is 367 g/mol. The molecule has 0 atom stereocenters. The second-order valence-corrected chi connectivity index (χ2v) is 5.22. The van der Waals surface area contributed by atoms with Crippen LogP contribution >= 0.6 is 0 Å². The highest BCUT2D eigenvalue weighted by molar-refractivity contribution is 5.79. The lowest BCUT2D eigenvalue weighted by atomic mass is 10.2. The lowest BCUT2D eigenvalue weighted by molar-refractivity contribution is -0.0504. The first kappa shape index (κ1) is 19.4. The van der Waals surface area contributed by atoms with Crippen LogP contribution in [-0.4, -0.2) is 26.7 Å². The number of methoxy groups -OCH3 is 1. The van der Waals surface area contributed by atoms with Crippen molar-refractivity contribution in [1.29, 1.82) is 0 Å². The fourth-order valence-corrected chi connectivity index (χ4v) is 2.25. The third-order valence-corrected chi connectivity index (χ3v) is 3.56. The highest BCUT2D eigenvalue weighted by Gasteiger charge is 2.12. The van der Waals surface area contributed by atoms with Gasteiger partial charge in [-0.2, -0.15) is 8.78 Å². The monoisotopic (exact) mass is 367 g/mol. The standard InChI is InChI=1S/C18H20F3N3O2/c1-22-18(23-10-12-5-3-4-6-15(12)19)24-11-13-9-14(25-2)7-8-16(13)26-17(20)21/h3-9,17H,10-11H2,1-2H3,(H2,22,23,24). The summed E-state index contributed by atoms with van der Waals surface area (Å²) in [5.74, 6) is 0.616. The molecule has 140 valence electrons. The maximum Gasteiger partial charge on any atom is 0.387 e. The number of hydrogen-bond acceptors (Lipinski definition) is 3. The molecule has 0 aliphatic carbocycles. The zero-order chi connectivity index (χ0) is 18.9. The Balaban J connectivity index is 2.02. The van der Waals surface area contributed by atoms with Crippen molar-refractivity contribution in [2.75, 3.05) is 14.2 Å². The lowest BCUT2D eigenvalue weighted by Crippen LogP contribution is -2.36. The number of alkyl halides is 2. The van der Waals surface area contributed by atoms with Gasteiger partial charge in [-0.3, -0.25) is 4.99 Å². The first-order valence-corrected chi connectivity index (χ1v) is 7.83. The molecule has 0 aliphatic heterocycles. The quantitative estimate of drug-likeness (QED) is 0.582. The topological polar surface area (TPSA) is 54.9 Å². The highest BCUT2D eigenvalue weighted by Crippen LogP contribution is 2.25. The Morgan fingerprint density at radius 2 is 1.77 bits per heavy atom. The smallest absolute Gasteiger partial charge is 0.387 e. The summed E-state index contributed by atoms with van der Waals surface area (Å²) in [5.41, 5.74) is 0.956. The molecule has 8 heteroatoms. The Bertz CT molecular complexity index is 754. The van der Waals surface area contributed by atoms with E-state index in [4.69, 9.17) is 4.74 Å². The third kappa shape index (κ3) is 5.58. The zero-order valence-corrected chi connectivity index (χ0v) is 14.4. The lowest BCUT2D eigenvalue weighted by Gasteiger charge is -2.15. The molecule has 2 aromatic rings. The van der Waals surface area contributed by atoms with Crippen molar-refractivity contribution in [2.45, 2.75) is 19.7 Å². The Hall–Kier alpha value is -2.90. The number of hydrogen-bond donors (Lipinski definition) is 2. The van der Waals surface area contributed by atoms with Gasteiger partial charge in [0, 0.05) is 31.3 Å². The number of aliphatic imine (C=N–C) groups is 1. The van der Waals surface area contributed by atoms with E-state index in [9.17, 15) is 13.2 Å². The number of nitrogens with zero attached hydrogens (tertiary/aromatic N) is 1. The normalized spacial score (nSPS) is 11.4. The summed E-state index contributed by atoms with van der Waals surface area (Å²) in [6.07, 6.45) is 0. The van der Waals surface area contributed by atoms with Crippen LogP contribution in [0.2, 0.25) is 0 Å². The fourth-order valence-electron chi connectivity index (χ4n) is 2.25. The van der Waals surface area contributed by atoms with Gasteiger partial charge in [0.1, 0.15) is 17.3 Å². The second-order valence-electron chi connectivity index (χ2n) is 5.22. The van der Waals surface area contributed by atoms with Crippen LogP contribution in [0.25, 0.3) is 0 Å². The number of ether oxygens (including phenoxy) is 2. The second kappa shape index (κ2) is 9.55. The maximum atomic E-state index is 13.7. The van der Waals surface area contributed by atoms with Crippen LogP contribution in [0.15, 0.2) is 47.5 Å². The molecule has 0 heterocycles. The van der Waals surface area contributed by atoms with Gasteiger partial charge in [0.05, 0.1) is 7.11 Å². The summed E-state index contributed by atoms with van der Waals surface area (Å²) >= 11 is 0. The van der Waals surface area contributed by atoms with Crippen LogP contribution in [0.5, 0.6) is 11.5 Å². The molecule has 0 saturated carbocycles. The Morgan fingerprint density at radius 1 is 1.08 bits per heavy atom. The van der Waals surface area contributed by atoms with Gasteiger partial charge in [0.2, 0.25) is 0 Å². The van der Waals surface area contributed by atoms with E-state index in [0.29, 0.717) is 22.8 Å². The summed E-state index contributed by atoms with van der Waals surface area (Å²) in [4.78, 5) is 4.03. The van der Waals surface area contributed by atoms with Crippen LogP contribution in [0.3, 0.4) is 0 Å². The van der Waals surface area contributed by atoms with E-state index in [2.05, 4.69) is 20.4 Å². The molecule has 0 saturated heterocycles. The number of rotatable bonds is 7. The third-order valence-electron chi connectivity index (χ3n) is 3.56. The molecule has 5 nitrogen and oxygen atoms in total. The van der Waals surface area contributed by atoms with E-state index in [1.54, 1.807) is 31.3 Å². The van der Waals surface area contributed by atoms with E-state index in [0.717, 1.165) is 0 Å². The van der Waals surface area contributed by atoms with Gasteiger partial charge in [0.25, 0.3) is 0 Å². The van der Waals surface area contributed by atoms with E-state index in [-0.39, 0.29) is 24.7 Å². The van der Waals surface area contributed by atoms with Gasteiger partial charge in [-0.15, -0.1) is 0 Å². The van der Waals surface area contributed by atoms with Gasteiger partial charge in [-0.05, 0) is 24.3 Å². The van der Waals surface area contributed by atoms with Crippen molar-refractivity contribution in [3.8, 4) is 11.5 Å². The maximum absolute atomic E-state index is 13.7. The van der Waals surface area contributed by atoms with Crippen molar-refractivity contribution in [1.82, 2.24) is 10.6 Å². The van der Waals surface area contributed by atoms with Crippen LogP contribution < -0.4 is 20.1 Å². The number of halogens is 3. The van der Waals surface area contributed by atoms with Crippen molar-refractivity contribution < 1.29 is 22.6 Å². The van der Waals surface area contributed by atoms with Crippen molar-refractivity contribution in [3.63, 3.8) is 0 Å². The molecule has 2 aromatic carbocycles. The predicted molar refractivity (Wildman–Crippen MR) is 93.1 cm³/mol. The summed E-state index contributed by atoms with van der Waals surface area (Å²) in [5, 5.41) is 5.94. The Labute approximate surface area is 149 Å². The molecule has 0 unspecified atom stereocenters. The van der Waals surface area contributed by atoms with Crippen LogP contribution in [0.1, 0.15) is 11.1 Å². The van der Waals surface area contributed by atoms with Crippen LogP contribution in [-0.2, 0) is 13.1 Å². The van der Waals surface area contributed by atoms with Gasteiger partial charge >= 0.3 is 6.61 Å². The van der Waals surface area contributed by atoms with E-state index in [1.165, 1.54) is 25.3 Å². The van der Waals surface area contributed by atoms with Crippen molar-refractivity contribution in [3.05, 3.63) is 59.4 Å². The molecule has 2 N–H and O–H groups in total. The first-order valence-electron chi connectivity index (χ1n) is 7.83. The number of benzene rings is 2. The van der Waals surface area contributed by atoms with Gasteiger partial charge in [0.15, 0.2) is 5.96 Å². The number of guanidine groups is 1. The van der Waals surface area contributed by atoms with E-state index >= 15 is 0 Å². The number of nitrogens with one attached hydrogen (secondary N) is 2. The Kier molecular flexibility index (Phi) is 7.13. The predicted octanol–water partition coefficient (Wildman–Crippen LogP) is 3.30. The SMILES string of the molecule is CN=C(NCc1ccccc1F)NCc1cc(OC)ccc1OC(F)F. The van der Waals surface area contributed by atoms with Crippen LogP contribution in [0, 0.1) is 5.82 Å². The molecule has 0 bridgehead atoms. The first-order chi connectivity index (χ1) is 12.5. The van der Waals surface area contributed by atoms with Gasteiger partial charge < -0.3 is 20.1 Å². The molecule has 0 radical (unpaired) electrons. The summed E-state index contributed by atoms with van der Waals surface area (Å²) in [6, 6.07) is 10.9. The molecule has 0 aliphatic rings. The molecule has 0 amide bonds. The van der Waals surface area contributed by atoms with E-state index < -0.39 is 6.61 Å². The summed E-state index contributed by atoms with van der Waals surface area (Å²) < 4.78 is 48.4. The fraction of sp³-hybridized carbons (Fsp3) is 0.278. The summed E-state index contributed by atoms with van der Waals surface area (Å²) in [7, 11) is 3.04. The van der Waals surface area contributed by atoms with Crippen molar-refractivity contribution in [2.24, 2.45) is 4.99 Å². The highest BCUT2D eigenvalue weighted by atomic mass is 19.3. The van der Waals surface area contributed by atoms with Crippen LogP contribution in [0.4, 0.5) is 13.2 Å². The zero-order valence-electron chi connectivity index (χ0n) is 14.4. The molecule has 2 rings (SSSR count). The van der Waals surface area contributed by atoms with E-state index in [1.807, 2.05) is 0 Å².